The lowest BCUT2D eigenvalue weighted by atomic mass is 10.1. The molecule has 0 atom stereocenters. The summed E-state index contributed by atoms with van der Waals surface area (Å²) >= 11 is 5.93. The molecule has 2 amide bonds. The van der Waals surface area contributed by atoms with Crippen molar-refractivity contribution in [2.45, 2.75) is 32.1 Å². The monoisotopic (exact) mass is 385 g/mol. The number of halogens is 1. The highest BCUT2D eigenvalue weighted by Crippen LogP contribution is 2.23. The van der Waals surface area contributed by atoms with Crippen LogP contribution in [0, 0.1) is 0 Å². The molecule has 2 aromatic rings. The number of unbranched alkanes of at least 4 members (excludes halogenated alkanes) is 1. The molecule has 3 rings (SSSR count). The maximum absolute atomic E-state index is 12.0. The van der Waals surface area contributed by atoms with Crippen molar-refractivity contribution in [3.8, 4) is 11.1 Å². The fraction of sp³-hybridized carbons (Fsp3) is 0.409. The number of nitrogens with zero attached hydrogens (tertiary/aromatic N) is 1. The number of urea groups is 1. The summed E-state index contributed by atoms with van der Waals surface area (Å²) < 4.78 is 0. The molecule has 0 saturated carbocycles. The van der Waals surface area contributed by atoms with Crippen LogP contribution in [0.15, 0.2) is 48.5 Å². The summed E-state index contributed by atoms with van der Waals surface area (Å²) in [5.41, 5.74) is 2.98. The Morgan fingerprint density at radius 1 is 0.889 bits per heavy atom. The van der Waals surface area contributed by atoms with Gasteiger partial charge >= 0.3 is 6.03 Å². The van der Waals surface area contributed by atoms with Gasteiger partial charge in [-0.25, -0.2) is 4.79 Å². The summed E-state index contributed by atoms with van der Waals surface area (Å²) in [7, 11) is 0. The Kier molecular flexibility index (Phi) is 7.55. The third kappa shape index (κ3) is 6.56. The minimum absolute atomic E-state index is 0.146. The number of piperidine rings is 1. The number of rotatable bonds is 7. The summed E-state index contributed by atoms with van der Waals surface area (Å²) in [5.74, 6) is 0. The van der Waals surface area contributed by atoms with Gasteiger partial charge in [0.2, 0.25) is 0 Å². The molecule has 2 aromatic carbocycles. The summed E-state index contributed by atoms with van der Waals surface area (Å²) in [4.78, 5) is 14.6. The molecular formula is C22H28ClN3O. The molecule has 0 unspecified atom stereocenters. The third-order valence-corrected chi connectivity index (χ3v) is 5.21. The Morgan fingerprint density at radius 3 is 2.19 bits per heavy atom. The van der Waals surface area contributed by atoms with Crippen LogP contribution in [-0.4, -0.2) is 37.1 Å². The number of hydrogen-bond donors (Lipinski definition) is 2. The van der Waals surface area contributed by atoms with E-state index in [1.165, 1.54) is 32.4 Å². The second kappa shape index (κ2) is 10.3. The van der Waals surface area contributed by atoms with Gasteiger partial charge in [0, 0.05) is 17.3 Å². The molecule has 1 aliphatic heterocycles. The number of amides is 2. The van der Waals surface area contributed by atoms with E-state index in [0.29, 0.717) is 6.54 Å². The van der Waals surface area contributed by atoms with Crippen molar-refractivity contribution < 1.29 is 4.79 Å². The van der Waals surface area contributed by atoms with Gasteiger partial charge in [0.1, 0.15) is 0 Å². The summed E-state index contributed by atoms with van der Waals surface area (Å²) in [6.45, 7) is 4.33. The van der Waals surface area contributed by atoms with E-state index in [2.05, 4.69) is 15.5 Å². The van der Waals surface area contributed by atoms with Gasteiger partial charge < -0.3 is 15.5 Å². The first-order valence-corrected chi connectivity index (χ1v) is 10.2. The maximum Gasteiger partial charge on any atom is 0.319 e. The molecule has 0 aromatic heterocycles. The fourth-order valence-electron chi connectivity index (χ4n) is 3.41. The molecule has 27 heavy (non-hydrogen) atoms. The van der Waals surface area contributed by atoms with Crippen molar-refractivity contribution in [2.24, 2.45) is 0 Å². The van der Waals surface area contributed by atoms with Crippen LogP contribution < -0.4 is 10.6 Å². The van der Waals surface area contributed by atoms with Gasteiger partial charge in [0.25, 0.3) is 0 Å². The molecule has 4 nitrogen and oxygen atoms in total. The van der Waals surface area contributed by atoms with Crippen molar-refractivity contribution >= 4 is 23.3 Å². The maximum atomic E-state index is 12.0. The van der Waals surface area contributed by atoms with E-state index in [0.717, 1.165) is 41.2 Å². The average Bonchev–Trinajstić information content (AvgIpc) is 2.70. The molecule has 2 N–H and O–H groups in total. The zero-order valence-electron chi connectivity index (χ0n) is 15.7. The van der Waals surface area contributed by atoms with Crippen LogP contribution in [0.5, 0.6) is 0 Å². The van der Waals surface area contributed by atoms with Crippen LogP contribution in [0.25, 0.3) is 11.1 Å². The molecular weight excluding hydrogens is 358 g/mol. The quantitative estimate of drug-likeness (QED) is 0.627. The minimum Gasteiger partial charge on any atom is -0.338 e. The van der Waals surface area contributed by atoms with Gasteiger partial charge in [-0.3, -0.25) is 0 Å². The Bertz CT molecular complexity index is 709. The number of nitrogens with one attached hydrogen (secondary N) is 2. The Hall–Kier alpha value is -2.04. The van der Waals surface area contributed by atoms with Crippen molar-refractivity contribution in [1.29, 1.82) is 0 Å². The van der Waals surface area contributed by atoms with Crippen molar-refractivity contribution in [1.82, 2.24) is 10.2 Å². The summed E-state index contributed by atoms with van der Waals surface area (Å²) in [6, 6.07) is 15.4. The molecule has 1 heterocycles. The zero-order chi connectivity index (χ0) is 18.9. The van der Waals surface area contributed by atoms with Gasteiger partial charge in [-0.2, -0.15) is 0 Å². The number of hydrogen-bond acceptors (Lipinski definition) is 2. The smallest absolute Gasteiger partial charge is 0.319 e. The van der Waals surface area contributed by atoms with E-state index in [1.54, 1.807) is 0 Å². The first-order valence-electron chi connectivity index (χ1n) is 9.84. The van der Waals surface area contributed by atoms with Gasteiger partial charge in [-0.15, -0.1) is 0 Å². The molecule has 0 aliphatic carbocycles. The number of carbonyl (C=O) groups excluding carboxylic acids is 1. The van der Waals surface area contributed by atoms with E-state index >= 15 is 0 Å². The van der Waals surface area contributed by atoms with E-state index in [1.807, 2.05) is 48.5 Å². The normalized spacial score (nSPS) is 14.7. The van der Waals surface area contributed by atoms with E-state index in [9.17, 15) is 4.79 Å². The molecule has 1 saturated heterocycles. The highest BCUT2D eigenvalue weighted by atomic mass is 35.5. The molecule has 0 spiro atoms. The van der Waals surface area contributed by atoms with Crippen molar-refractivity contribution in [3.05, 3.63) is 53.6 Å². The lowest BCUT2D eigenvalue weighted by Crippen LogP contribution is -2.32. The molecule has 0 bridgehead atoms. The van der Waals surface area contributed by atoms with Crippen LogP contribution in [-0.2, 0) is 0 Å². The summed E-state index contributed by atoms with van der Waals surface area (Å²) in [6.07, 6.45) is 6.18. The lowest BCUT2D eigenvalue weighted by molar-refractivity contribution is 0.224. The lowest BCUT2D eigenvalue weighted by Gasteiger charge is -2.26. The van der Waals surface area contributed by atoms with E-state index < -0.39 is 0 Å². The van der Waals surface area contributed by atoms with Crippen molar-refractivity contribution in [3.63, 3.8) is 0 Å². The fourth-order valence-corrected chi connectivity index (χ4v) is 3.53. The second-order valence-electron chi connectivity index (χ2n) is 7.07. The van der Waals surface area contributed by atoms with Crippen LogP contribution in [0.1, 0.15) is 32.1 Å². The number of likely N-dealkylation sites (tertiary alicyclic amines) is 1. The molecule has 144 valence electrons. The molecule has 0 radical (unpaired) electrons. The Balaban J connectivity index is 1.35. The Morgan fingerprint density at radius 2 is 1.52 bits per heavy atom. The van der Waals surface area contributed by atoms with Gasteiger partial charge in [-0.1, -0.05) is 42.3 Å². The van der Waals surface area contributed by atoms with E-state index in [-0.39, 0.29) is 6.03 Å². The van der Waals surface area contributed by atoms with Crippen LogP contribution >= 0.6 is 11.6 Å². The SMILES string of the molecule is O=C(NCCCCN1CCCCC1)Nc1ccc(-c2ccc(Cl)cc2)cc1. The molecule has 5 heteroatoms. The first-order chi connectivity index (χ1) is 13.2. The standard InChI is InChI=1S/C22H28ClN3O/c23-20-10-6-18(7-11-20)19-8-12-21(13-9-19)25-22(27)24-14-2-5-17-26-15-3-1-4-16-26/h6-13H,1-5,14-17H2,(H2,24,25,27). The molecule has 1 fully saturated rings. The number of benzene rings is 2. The predicted molar refractivity (Wildman–Crippen MR) is 113 cm³/mol. The number of carbonyl (C=O) groups is 1. The zero-order valence-corrected chi connectivity index (χ0v) is 16.5. The summed E-state index contributed by atoms with van der Waals surface area (Å²) in [5, 5.41) is 6.55. The average molecular weight is 386 g/mol. The topological polar surface area (TPSA) is 44.4 Å². The second-order valence-corrected chi connectivity index (χ2v) is 7.51. The predicted octanol–water partition coefficient (Wildman–Crippen LogP) is 5.39. The number of anilines is 1. The van der Waals surface area contributed by atoms with E-state index in [4.69, 9.17) is 11.6 Å². The Labute approximate surface area is 166 Å². The van der Waals surface area contributed by atoms with Crippen LogP contribution in [0.4, 0.5) is 10.5 Å². The van der Waals surface area contributed by atoms with Crippen molar-refractivity contribution in [2.75, 3.05) is 31.5 Å². The first kappa shape index (κ1) is 19.7. The largest absolute Gasteiger partial charge is 0.338 e. The van der Waals surface area contributed by atoms with Crippen LogP contribution in [0.2, 0.25) is 5.02 Å². The minimum atomic E-state index is -0.146. The van der Waals surface area contributed by atoms with Gasteiger partial charge in [-0.05, 0) is 80.7 Å². The van der Waals surface area contributed by atoms with Crippen LogP contribution in [0.3, 0.4) is 0 Å². The third-order valence-electron chi connectivity index (χ3n) is 4.96. The highest BCUT2D eigenvalue weighted by molar-refractivity contribution is 6.30. The van der Waals surface area contributed by atoms with Gasteiger partial charge in [0.15, 0.2) is 0 Å². The van der Waals surface area contributed by atoms with Gasteiger partial charge in [0.05, 0.1) is 0 Å². The highest BCUT2D eigenvalue weighted by Gasteiger charge is 2.09. The molecule has 1 aliphatic rings.